The van der Waals surface area contributed by atoms with Gasteiger partial charge in [0, 0.05) is 11.0 Å². The van der Waals surface area contributed by atoms with Crippen LogP contribution in [0.3, 0.4) is 0 Å². The van der Waals surface area contributed by atoms with E-state index < -0.39 is 5.91 Å². The van der Waals surface area contributed by atoms with Crippen molar-refractivity contribution in [3.05, 3.63) is 58.3 Å². The van der Waals surface area contributed by atoms with Crippen LogP contribution < -0.4 is 15.8 Å². The van der Waals surface area contributed by atoms with E-state index in [1.54, 1.807) is 24.3 Å². The van der Waals surface area contributed by atoms with Gasteiger partial charge < -0.3 is 15.8 Å². The molecule has 0 aliphatic rings. The molecule has 0 unspecified atom stereocenters. The number of rotatable bonds is 6. The van der Waals surface area contributed by atoms with Crippen LogP contribution in [0.1, 0.15) is 5.56 Å². The number of hydrogen-bond donors (Lipinski definition) is 2. The number of anilines is 1. The summed E-state index contributed by atoms with van der Waals surface area (Å²) in [6.45, 7) is 0.315. The fraction of sp³-hybridized carbons (Fsp3) is 0.133. The first-order valence-corrected chi connectivity index (χ1v) is 7.03. The maximum absolute atomic E-state index is 13.6. The molecule has 0 saturated carbocycles. The zero-order valence-electron chi connectivity index (χ0n) is 11.1. The molecule has 0 aromatic heterocycles. The van der Waals surface area contributed by atoms with Gasteiger partial charge in [-0.15, -0.1) is 0 Å². The Balaban J connectivity index is 1.96. The lowest BCUT2D eigenvalue weighted by Gasteiger charge is -2.10. The molecule has 0 aliphatic carbocycles. The summed E-state index contributed by atoms with van der Waals surface area (Å²) in [5.74, 6) is -0.277. The second-order valence-electron chi connectivity index (χ2n) is 4.35. The lowest BCUT2D eigenvalue weighted by molar-refractivity contribution is -0.119. The number of para-hydroxylation sites is 1. The smallest absolute Gasteiger partial charge is 0.255 e. The van der Waals surface area contributed by atoms with E-state index in [-0.39, 0.29) is 12.4 Å². The Bertz CT molecular complexity index is 612. The van der Waals surface area contributed by atoms with Crippen molar-refractivity contribution in [3.8, 4) is 5.75 Å². The highest BCUT2D eigenvalue weighted by Gasteiger charge is 2.05. The summed E-state index contributed by atoms with van der Waals surface area (Å²) in [4.78, 5) is 10.6. The number of carbonyl (C=O) groups excluding carboxylic acids is 1. The molecule has 0 aliphatic heterocycles. The fourth-order valence-electron chi connectivity index (χ4n) is 1.72. The minimum Gasteiger partial charge on any atom is -0.484 e. The molecule has 2 aromatic rings. The van der Waals surface area contributed by atoms with E-state index in [1.807, 2.05) is 12.1 Å². The van der Waals surface area contributed by atoms with Crippen molar-refractivity contribution in [3.63, 3.8) is 0 Å². The number of nitrogens with one attached hydrogen (secondary N) is 1. The maximum atomic E-state index is 13.6. The molecule has 0 radical (unpaired) electrons. The van der Waals surface area contributed by atoms with Crippen molar-refractivity contribution in [1.82, 2.24) is 0 Å². The number of amides is 1. The van der Waals surface area contributed by atoms with Crippen LogP contribution in [0.15, 0.2) is 46.9 Å². The van der Waals surface area contributed by atoms with Crippen LogP contribution in [0.5, 0.6) is 5.75 Å². The van der Waals surface area contributed by atoms with Gasteiger partial charge in [0.25, 0.3) is 5.91 Å². The molecule has 110 valence electrons. The summed E-state index contributed by atoms with van der Waals surface area (Å²) < 4.78 is 19.5. The van der Waals surface area contributed by atoms with Gasteiger partial charge in [-0.25, -0.2) is 4.39 Å². The van der Waals surface area contributed by atoms with Gasteiger partial charge >= 0.3 is 0 Å². The van der Waals surface area contributed by atoms with Crippen LogP contribution in [0, 0.1) is 5.82 Å². The zero-order chi connectivity index (χ0) is 15.2. The minimum atomic E-state index is -0.523. The van der Waals surface area contributed by atoms with Gasteiger partial charge in [0.05, 0.1) is 5.69 Å². The number of primary amides is 1. The van der Waals surface area contributed by atoms with Crippen LogP contribution >= 0.6 is 15.9 Å². The summed E-state index contributed by atoms with van der Waals surface area (Å²) in [5, 5.41) is 3.03. The third kappa shape index (κ3) is 4.46. The summed E-state index contributed by atoms with van der Waals surface area (Å²) in [6, 6.07) is 11.9. The molecule has 4 nitrogen and oxygen atoms in total. The first kappa shape index (κ1) is 15.3. The first-order valence-electron chi connectivity index (χ1n) is 6.24. The number of halogens is 2. The average molecular weight is 353 g/mol. The third-order valence-electron chi connectivity index (χ3n) is 2.74. The van der Waals surface area contributed by atoms with Gasteiger partial charge in [-0.05, 0) is 45.8 Å². The number of ether oxygens (including phenoxy) is 1. The van der Waals surface area contributed by atoms with E-state index in [4.69, 9.17) is 10.5 Å². The highest BCUT2D eigenvalue weighted by molar-refractivity contribution is 9.10. The Morgan fingerprint density at radius 3 is 2.57 bits per heavy atom. The van der Waals surface area contributed by atoms with Crippen LogP contribution in [-0.2, 0) is 11.3 Å². The Labute approximate surface area is 130 Å². The molecule has 0 fully saturated rings. The van der Waals surface area contributed by atoms with E-state index in [0.29, 0.717) is 22.5 Å². The number of hydrogen-bond acceptors (Lipinski definition) is 3. The highest BCUT2D eigenvalue weighted by atomic mass is 79.9. The molecular formula is C15H14BrFN2O2. The van der Waals surface area contributed by atoms with Gasteiger partial charge in [0.2, 0.25) is 0 Å². The fourth-order valence-corrected chi connectivity index (χ4v) is 2.20. The average Bonchev–Trinajstić information content (AvgIpc) is 2.46. The van der Waals surface area contributed by atoms with Crippen LogP contribution in [-0.4, -0.2) is 12.5 Å². The minimum absolute atomic E-state index is 0.153. The molecule has 2 rings (SSSR count). The van der Waals surface area contributed by atoms with Crippen molar-refractivity contribution >= 4 is 27.5 Å². The van der Waals surface area contributed by atoms with Crippen molar-refractivity contribution in [1.29, 1.82) is 0 Å². The monoisotopic (exact) mass is 352 g/mol. The summed E-state index contributed by atoms with van der Waals surface area (Å²) in [5.41, 5.74) is 6.37. The largest absolute Gasteiger partial charge is 0.484 e. The molecule has 2 aromatic carbocycles. The number of nitrogens with two attached hydrogens (primary N) is 1. The van der Waals surface area contributed by atoms with Gasteiger partial charge in [-0.1, -0.05) is 18.2 Å². The SMILES string of the molecule is NC(=O)COc1ccc(CNc2c(F)cccc2Br)cc1. The third-order valence-corrected chi connectivity index (χ3v) is 3.40. The van der Waals surface area contributed by atoms with Gasteiger partial charge in [-0.2, -0.15) is 0 Å². The number of carbonyl (C=O) groups is 1. The van der Waals surface area contributed by atoms with E-state index in [9.17, 15) is 9.18 Å². The molecule has 3 N–H and O–H groups in total. The Morgan fingerprint density at radius 2 is 1.95 bits per heavy atom. The molecule has 0 spiro atoms. The lowest BCUT2D eigenvalue weighted by Crippen LogP contribution is -2.19. The molecule has 6 heteroatoms. The summed E-state index contributed by atoms with van der Waals surface area (Å²) in [6.07, 6.45) is 0. The quantitative estimate of drug-likeness (QED) is 0.839. The van der Waals surface area contributed by atoms with Crippen molar-refractivity contribution < 1.29 is 13.9 Å². The highest BCUT2D eigenvalue weighted by Crippen LogP contribution is 2.25. The van der Waals surface area contributed by atoms with E-state index >= 15 is 0 Å². The Hall–Kier alpha value is -2.08. The Morgan fingerprint density at radius 1 is 1.24 bits per heavy atom. The van der Waals surface area contributed by atoms with Gasteiger partial charge in [-0.3, -0.25) is 4.79 Å². The van der Waals surface area contributed by atoms with Crippen LogP contribution in [0.2, 0.25) is 0 Å². The van der Waals surface area contributed by atoms with Crippen molar-refractivity contribution in [2.24, 2.45) is 5.73 Å². The first-order chi connectivity index (χ1) is 10.1. The number of benzene rings is 2. The Kier molecular flexibility index (Phi) is 5.16. The zero-order valence-corrected chi connectivity index (χ0v) is 12.7. The molecular weight excluding hydrogens is 339 g/mol. The molecule has 0 atom stereocenters. The lowest BCUT2D eigenvalue weighted by atomic mass is 10.2. The topological polar surface area (TPSA) is 64.4 Å². The normalized spacial score (nSPS) is 10.2. The van der Waals surface area contributed by atoms with E-state index in [2.05, 4.69) is 21.2 Å². The van der Waals surface area contributed by atoms with Gasteiger partial charge in [0.15, 0.2) is 6.61 Å². The summed E-state index contributed by atoms with van der Waals surface area (Å²) in [7, 11) is 0. The second-order valence-corrected chi connectivity index (χ2v) is 5.20. The summed E-state index contributed by atoms with van der Waals surface area (Å²) >= 11 is 3.30. The molecule has 0 saturated heterocycles. The molecule has 1 amide bonds. The second kappa shape index (κ2) is 7.08. The predicted octanol–water partition coefficient (Wildman–Crippen LogP) is 3.06. The molecule has 0 heterocycles. The van der Waals surface area contributed by atoms with E-state index in [0.717, 1.165) is 5.56 Å². The maximum Gasteiger partial charge on any atom is 0.255 e. The standard InChI is InChI=1S/C15H14BrFN2O2/c16-12-2-1-3-13(17)15(12)19-8-10-4-6-11(7-5-10)21-9-14(18)20/h1-7,19H,8-9H2,(H2,18,20). The van der Waals surface area contributed by atoms with Crippen molar-refractivity contribution in [2.75, 3.05) is 11.9 Å². The van der Waals surface area contributed by atoms with Crippen molar-refractivity contribution in [2.45, 2.75) is 6.54 Å². The van der Waals surface area contributed by atoms with Gasteiger partial charge in [0.1, 0.15) is 11.6 Å². The van der Waals surface area contributed by atoms with Crippen LogP contribution in [0.4, 0.5) is 10.1 Å². The molecule has 21 heavy (non-hydrogen) atoms. The van der Waals surface area contributed by atoms with E-state index in [1.165, 1.54) is 6.07 Å². The predicted molar refractivity (Wildman–Crippen MR) is 82.6 cm³/mol. The van der Waals surface area contributed by atoms with Crippen LogP contribution in [0.25, 0.3) is 0 Å². The molecule has 0 bridgehead atoms.